The van der Waals surface area contributed by atoms with Gasteiger partial charge in [-0.1, -0.05) is 41.1 Å². The van der Waals surface area contributed by atoms with Crippen molar-refractivity contribution in [2.45, 2.75) is 38.6 Å². The van der Waals surface area contributed by atoms with Gasteiger partial charge in [-0.3, -0.25) is 0 Å². The van der Waals surface area contributed by atoms with Crippen molar-refractivity contribution in [3.05, 3.63) is 34.3 Å². The Labute approximate surface area is 113 Å². The molecule has 0 heterocycles. The fraction of sp³-hybridized carbons (Fsp3) is 0.467. The van der Waals surface area contributed by atoms with Gasteiger partial charge in [-0.15, -0.1) is 12.3 Å². The van der Waals surface area contributed by atoms with Crippen molar-refractivity contribution in [2.75, 3.05) is 6.54 Å². The lowest BCUT2D eigenvalue weighted by molar-refractivity contribution is 0.486. The lowest BCUT2D eigenvalue weighted by atomic mass is 10.0. The first-order valence-corrected chi connectivity index (χ1v) is 7.00. The molecular weight excluding hydrogens is 274 g/mol. The van der Waals surface area contributed by atoms with E-state index in [-0.39, 0.29) is 0 Å². The summed E-state index contributed by atoms with van der Waals surface area (Å²) in [7, 11) is 0. The van der Waals surface area contributed by atoms with Crippen LogP contribution in [0.3, 0.4) is 0 Å². The maximum absolute atomic E-state index is 5.30. The van der Waals surface area contributed by atoms with E-state index >= 15 is 0 Å². The molecule has 0 aliphatic rings. The molecule has 2 heteroatoms. The highest BCUT2D eigenvalue weighted by Gasteiger charge is 2.12. The number of nitrogens with one attached hydrogen (secondary N) is 1. The highest BCUT2D eigenvalue weighted by molar-refractivity contribution is 9.10. The minimum atomic E-state index is 0.402. The SMILES string of the molecule is C#CCCCC(NCCC)c1ccccc1Br. The van der Waals surface area contributed by atoms with Gasteiger partial charge in [-0.25, -0.2) is 0 Å². The van der Waals surface area contributed by atoms with Crippen LogP contribution in [-0.2, 0) is 0 Å². The average molecular weight is 294 g/mol. The van der Waals surface area contributed by atoms with Gasteiger partial charge in [0.25, 0.3) is 0 Å². The summed E-state index contributed by atoms with van der Waals surface area (Å²) in [4.78, 5) is 0. The Bertz CT molecular complexity index is 367. The van der Waals surface area contributed by atoms with Gasteiger partial charge in [0.1, 0.15) is 0 Å². The lowest BCUT2D eigenvalue weighted by Crippen LogP contribution is -2.22. The van der Waals surface area contributed by atoms with Gasteiger partial charge < -0.3 is 5.32 Å². The Hall–Kier alpha value is -0.780. The molecule has 0 bridgehead atoms. The summed E-state index contributed by atoms with van der Waals surface area (Å²) in [6.07, 6.45) is 9.47. The molecule has 0 saturated carbocycles. The van der Waals surface area contributed by atoms with E-state index in [4.69, 9.17) is 6.42 Å². The molecule has 1 aromatic rings. The first kappa shape index (κ1) is 14.3. The molecule has 0 spiro atoms. The number of unbranched alkanes of at least 4 members (excludes halogenated alkanes) is 1. The van der Waals surface area contributed by atoms with E-state index in [1.165, 1.54) is 10.0 Å². The number of benzene rings is 1. The predicted octanol–water partition coefficient (Wildman–Crippen LogP) is 4.29. The van der Waals surface area contributed by atoms with Gasteiger partial charge in [-0.2, -0.15) is 0 Å². The average Bonchev–Trinajstić information content (AvgIpc) is 2.35. The van der Waals surface area contributed by atoms with E-state index in [2.05, 4.69) is 52.3 Å². The van der Waals surface area contributed by atoms with Crippen LogP contribution in [0.25, 0.3) is 0 Å². The van der Waals surface area contributed by atoms with Gasteiger partial charge in [0.05, 0.1) is 0 Å². The van der Waals surface area contributed by atoms with Gasteiger partial charge in [0.15, 0.2) is 0 Å². The predicted molar refractivity (Wildman–Crippen MR) is 77.9 cm³/mol. The Morgan fingerprint density at radius 1 is 1.41 bits per heavy atom. The molecule has 0 saturated heterocycles. The molecule has 0 radical (unpaired) electrons. The van der Waals surface area contributed by atoms with E-state index in [0.29, 0.717) is 6.04 Å². The largest absolute Gasteiger partial charge is 0.310 e. The molecule has 1 aromatic carbocycles. The second-order valence-electron chi connectivity index (χ2n) is 4.12. The Balaban J connectivity index is 2.68. The second-order valence-corrected chi connectivity index (χ2v) is 4.98. The summed E-state index contributed by atoms with van der Waals surface area (Å²) in [5.74, 6) is 2.71. The summed E-state index contributed by atoms with van der Waals surface area (Å²) in [5.41, 5.74) is 1.33. The van der Waals surface area contributed by atoms with E-state index in [0.717, 1.165) is 32.2 Å². The molecule has 0 amide bonds. The molecule has 0 fully saturated rings. The third-order valence-electron chi connectivity index (χ3n) is 2.74. The summed E-state index contributed by atoms with van der Waals surface area (Å²) < 4.78 is 1.18. The highest BCUT2D eigenvalue weighted by Crippen LogP contribution is 2.26. The number of hydrogen-bond donors (Lipinski definition) is 1. The molecule has 1 unspecified atom stereocenters. The van der Waals surface area contributed by atoms with Gasteiger partial charge in [-0.05, 0) is 37.4 Å². The van der Waals surface area contributed by atoms with Crippen molar-refractivity contribution < 1.29 is 0 Å². The molecule has 0 aliphatic heterocycles. The molecule has 0 aromatic heterocycles. The maximum Gasteiger partial charge on any atom is 0.0331 e. The summed E-state index contributed by atoms with van der Waals surface area (Å²) in [5, 5.41) is 3.59. The van der Waals surface area contributed by atoms with Crippen LogP contribution in [0.2, 0.25) is 0 Å². The molecule has 17 heavy (non-hydrogen) atoms. The van der Waals surface area contributed by atoms with Crippen molar-refractivity contribution in [2.24, 2.45) is 0 Å². The summed E-state index contributed by atoms with van der Waals surface area (Å²) >= 11 is 3.62. The summed E-state index contributed by atoms with van der Waals surface area (Å²) in [6.45, 7) is 3.23. The summed E-state index contributed by atoms with van der Waals surface area (Å²) in [6, 6.07) is 8.80. The number of rotatable bonds is 7. The van der Waals surface area contributed by atoms with Crippen LogP contribution in [0, 0.1) is 12.3 Å². The van der Waals surface area contributed by atoms with E-state index in [1.54, 1.807) is 0 Å². The van der Waals surface area contributed by atoms with Crippen LogP contribution in [0.1, 0.15) is 44.2 Å². The molecule has 1 atom stereocenters. The number of terminal acetylenes is 1. The molecule has 92 valence electrons. The molecular formula is C15H20BrN. The lowest BCUT2D eigenvalue weighted by Gasteiger charge is -2.20. The Morgan fingerprint density at radius 2 is 2.18 bits per heavy atom. The molecule has 1 rings (SSSR count). The zero-order chi connectivity index (χ0) is 12.5. The van der Waals surface area contributed by atoms with Crippen molar-refractivity contribution in [1.82, 2.24) is 5.32 Å². The third-order valence-corrected chi connectivity index (χ3v) is 3.46. The monoisotopic (exact) mass is 293 g/mol. The van der Waals surface area contributed by atoms with Crippen LogP contribution >= 0.6 is 15.9 Å². The highest BCUT2D eigenvalue weighted by atomic mass is 79.9. The Kier molecular flexibility index (Phi) is 7.00. The van der Waals surface area contributed by atoms with Crippen LogP contribution < -0.4 is 5.32 Å². The van der Waals surface area contributed by atoms with Crippen molar-refractivity contribution in [3.8, 4) is 12.3 Å². The van der Waals surface area contributed by atoms with Gasteiger partial charge >= 0.3 is 0 Å². The fourth-order valence-electron chi connectivity index (χ4n) is 1.85. The maximum atomic E-state index is 5.30. The third kappa shape index (κ3) is 4.93. The van der Waals surface area contributed by atoms with E-state index in [1.807, 2.05) is 6.07 Å². The minimum Gasteiger partial charge on any atom is -0.310 e. The first-order chi connectivity index (χ1) is 8.29. The smallest absolute Gasteiger partial charge is 0.0331 e. The molecule has 0 aliphatic carbocycles. The van der Waals surface area contributed by atoms with Crippen LogP contribution in [0.15, 0.2) is 28.7 Å². The van der Waals surface area contributed by atoms with E-state index in [9.17, 15) is 0 Å². The first-order valence-electron chi connectivity index (χ1n) is 6.20. The molecule has 1 nitrogen and oxygen atoms in total. The van der Waals surface area contributed by atoms with Crippen molar-refractivity contribution >= 4 is 15.9 Å². The number of hydrogen-bond acceptors (Lipinski definition) is 1. The van der Waals surface area contributed by atoms with Gasteiger partial charge in [0.2, 0.25) is 0 Å². The van der Waals surface area contributed by atoms with Crippen LogP contribution in [0.4, 0.5) is 0 Å². The number of halogens is 1. The molecule has 1 N–H and O–H groups in total. The zero-order valence-corrected chi connectivity index (χ0v) is 12.0. The van der Waals surface area contributed by atoms with Crippen LogP contribution in [-0.4, -0.2) is 6.54 Å². The quantitative estimate of drug-likeness (QED) is 0.584. The fourth-order valence-corrected chi connectivity index (χ4v) is 2.41. The Morgan fingerprint density at radius 3 is 2.82 bits per heavy atom. The van der Waals surface area contributed by atoms with Crippen molar-refractivity contribution in [1.29, 1.82) is 0 Å². The normalized spacial score (nSPS) is 12.1. The van der Waals surface area contributed by atoms with Crippen LogP contribution in [0.5, 0.6) is 0 Å². The topological polar surface area (TPSA) is 12.0 Å². The van der Waals surface area contributed by atoms with Crippen molar-refractivity contribution in [3.63, 3.8) is 0 Å². The zero-order valence-electron chi connectivity index (χ0n) is 10.4. The standard InChI is InChI=1S/C15H20BrN/c1-3-5-6-11-15(17-12-4-2)13-9-7-8-10-14(13)16/h1,7-10,15,17H,4-6,11-12H2,2H3. The van der Waals surface area contributed by atoms with Gasteiger partial charge in [0, 0.05) is 16.9 Å². The minimum absolute atomic E-state index is 0.402. The second kappa shape index (κ2) is 8.33. The van der Waals surface area contributed by atoms with E-state index < -0.39 is 0 Å².